The molecule has 0 aliphatic heterocycles. The van der Waals surface area contributed by atoms with Gasteiger partial charge in [-0.2, -0.15) is 0 Å². The van der Waals surface area contributed by atoms with E-state index in [2.05, 4.69) is 34.6 Å². The van der Waals surface area contributed by atoms with E-state index in [0.717, 1.165) is 35.3 Å². The van der Waals surface area contributed by atoms with Crippen LogP contribution in [0.5, 0.6) is 0 Å². The third-order valence-corrected chi connectivity index (χ3v) is 6.61. The van der Waals surface area contributed by atoms with E-state index in [1.807, 2.05) is 4.57 Å². The molecule has 0 aromatic carbocycles. The molecule has 4 nitrogen and oxygen atoms in total. The Morgan fingerprint density at radius 2 is 2.08 bits per heavy atom. The number of hydrogen-bond donors (Lipinski definition) is 0. The predicted octanol–water partition coefficient (Wildman–Crippen LogP) is 4.38. The number of aryl methyl sites for hydroxylation is 1. The van der Waals surface area contributed by atoms with E-state index in [1.165, 1.54) is 10.4 Å². The first-order valence-corrected chi connectivity index (χ1v) is 10.1. The van der Waals surface area contributed by atoms with Crippen LogP contribution in [0.1, 0.15) is 63.2 Å². The number of fused-ring (bicyclic) bond motifs is 3. The Balaban J connectivity index is 2.14. The van der Waals surface area contributed by atoms with Crippen molar-refractivity contribution in [2.75, 3.05) is 13.7 Å². The Morgan fingerprint density at radius 3 is 2.68 bits per heavy atom. The van der Waals surface area contributed by atoms with Crippen molar-refractivity contribution < 1.29 is 4.74 Å². The lowest BCUT2D eigenvalue weighted by Gasteiger charge is -2.33. The van der Waals surface area contributed by atoms with Crippen molar-refractivity contribution in [3.05, 3.63) is 26.6 Å². The molecule has 0 radical (unpaired) electrons. The highest BCUT2D eigenvalue weighted by molar-refractivity contribution is 7.18. The van der Waals surface area contributed by atoms with Gasteiger partial charge in [0.05, 0.1) is 18.5 Å². The summed E-state index contributed by atoms with van der Waals surface area (Å²) in [6.45, 7) is 12.3. The highest BCUT2D eigenvalue weighted by Crippen LogP contribution is 2.42. The molecule has 138 valence electrons. The summed E-state index contributed by atoms with van der Waals surface area (Å²) in [6, 6.07) is 0. The van der Waals surface area contributed by atoms with E-state index < -0.39 is 0 Å². The zero-order valence-electron chi connectivity index (χ0n) is 16.3. The minimum absolute atomic E-state index is 0.123. The molecule has 5 heteroatoms. The monoisotopic (exact) mass is 362 g/mol. The Labute approximate surface area is 154 Å². The van der Waals surface area contributed by atoms with E-state index in [9.17, 15) is 4.79 Å². The SMILES string of the molecule is COCCn1c(C(C)C)nc2sc3c(c2c1=O)CCC(C(C)(C)C)C3. The summed E-state index contributed by atoms with van der Waals surface area (Å²) in [5.41, 5.74) is 1.69. The van der Waals surface area contributed by atoms with Crippen molar-refractivity contribution in [1.29, 1.82) is 0 Å². The molecule has 2 heterocycles. The molecule has 0 spiro atoms. The molecule has 1 aliphatic carbocycles. The first-order chi connectivity index (χ1) is 11.7. The third kappa shape index (κ3) is 3.41. The first-order valence-electron chi connectivity index (χ1n) is 9.28. The lowest BCUT2D eigenvalue weighted by atomic mass is 9.72. The van der Waals surface area contributed by atoms with Crippen LogP contribution in [0.15, 0.2) is 4.79 Å². The van der Waals surface area contributed by atoms with Gasteiger partial charge in [-0.1, -0.05) is 34.6 Å². The standard InChI is InChI=1S/C20H30N2O2S/c1-12(2)17-21-18-16(19(23)22(17)9-10-24-6)14-8-7-13(20(3,4)5)11-15(14)25-18/h12-13H,7-11H2,1-6H3. The minimum atomic E-state index is 0.123. The lowest BCUT2D eigenvalue weighted by Crippen LogP contribution is -2.29. The van der Waals surface area contributed by atoms with Gasteiger partial charge in [0.15, 0.2) is 0 Å². The van der Waals surface area contributed by atoms with E-state index in [1.54, 1.807) is 18.4 Å². The molecule has 1 aliphatic rings. The molecule has 0 bridgehead atoms. The average molecular weight is 363 g/mol. The van der Waals surface area contributed by atoms with Crippen LogP contribution in [0.4, 0.5) is 0 Å². The first kappa shape index (κ1) is 18.6. The van der Waals surface area contributed by atoms with Gasteiger partial charge in [-0.05, 0) is 36.2 Å². The second kappa shape index (κ2) is 6.84. The van der Waals surface area contributed by atoms with Gasteiger partial charge in [0.2, 0.25) is 0 Å². The molecule has 0 saturated heterocycles. The van der Waals surface area contributed by atoms with E-state index in [4.69, 9.17) is 9.72 Å². The van der Waals surface area contributed by atoms with Gasteiger partial charge < -0.3 is 4.74 Å². The van der Waals surface area contributed by atoms with Crippen molar-refractivity contribution in [2.24, 2.45) is 11.3 Å². The molecule has 2 aromatic rings. The van der Waals surface area contributed by atoms with E-state index in [0.29, 0.717) is 24.5 Å². The summed E-state index contributed by atoms with van der Waals surface area (Å²) in [7, 11) is 1.67. The maximum absolute atomic E-state index is 13.2. The van der Waals surface area contributed by atoms with Crippen LogP contribution in [0.3, 0.4) is 0 Å². The second-order valence-electron chi connectivity index (χ2n) is 8.56. The summed E-state index contributed by atoms with van der Waals surface area (Å²) in [6.07, 6.45) is 3.24. The smallest absolute Gasteiger partial charge is 0.262 e. The topological polar surface area (TPSA) is 44.1 Å². The van der Waals surface area contributed by atoms with Crippen molar-refractivity contribution >= 4 is 21.6 Å². The molecular formula is C20H30N2O2S. The molecular weight excluding hydrogens is 332 g/mol. The van der Waals surface area contributed by atoms with Gasteiger partial charge in [-0.25, -0.2) is 4.98 Å². The Kier molecular flexibility index (Phi) is 5.09. The summed E-state index contributed by atoms with van der Waals surface area (Å²) in [5.74, 6) is 1.77. The van der Waals surface area contributed by atoms with Crippen molar-refractivity contribution in [1.82, 2.24) is 9.55 Å². The summed E-state index contributed by atoms with van der Waals surface area (Å²) in [4.78, 5) is 20.5. The maximum Gasteiger partial charge on any atom is 0.262 e. The number of hydrogen-bond acceptors (Lipinski definition) is 4. The highest BCUT2D eigenvalue weighted by Gasteiger charge is 2.32. The van der Waals surface area contributed by atoms with Gasteiger partial charge in [0.25, 0.3) is 5.56 Å². The fourth-order valence-corrected chi connectivity index (χ4v) is 5.15. The molecule has 0 fully saturated rings. The average Bonchev–Trinajstić information content (AvgIpc) is 2.90. The lowest BCUT2D eigenvalue weighted by molar-refractivity contribution is 0.184. The van der Waals surface area contributed by atoms with Crippen LogP contribution in [0.25, 0.3) is 10.2 Å². The molecule has 25 heavy (non-hydrogen) atoms. The summed E-state index contributed by atoms with van der Waals surface area (Å²) in [5, 5.41) is 0.868. The van der Waals surface area contributed by atoms with Crippen LogP contribution < -0.4 is 5.56 Å². The zero-order chi connectivity index (χ0) is 18.4. The Bertz CT molecular complexity index is 827. The van der Waals surface area contributed by atoms with Gasteiger partial charge in [0, 0.05) is 17.9 Å². The number of thiophene rings is 1. The minimum Gasteiger partial charge on any atom is -0.383 e. The number of ether oxygens (including phenoxy) is 1. The molecule has 3 rings (SSSR count). The number of nitrogens with zero attached hydrogens (tertiary/aromatic N) is 2. The second-order valence-corrected chi connectivity index (χ2v) is 9.65. The van der Waals surface area contributed by atoms with Crippen molar-refractivity contribution in [2.45, 2.75) is 66.3 Å². The maximum atomic E-state index is 13.2. The number of rotatable bonds is 4. The molecule has 1 unspecified atom stereocenters. The summed E-state index contributed by atoms with van der Waals surface area (Å²) < 4.78 is 7.04. The molecule has 0 saturated carbocycles. The fourth-order valence-electron chi connectivity index (χ4n) is 3.85. The van der Waals surface area contributed by atoms with E-state index in [-0.39, 0.29) is 11.5 Å². The zero-order valence-corrected chi connectivity index (χ0v) is 17.1. The Morgan fingerprint density at radius 1 is 1.36 bits per heavy atom. The molecule has 0 amide bonds. The molecule has 1 atom stereocenters. The van der Waals surface area contributed by atoms with Crippen LogP contribution >= 0.6 is 11.3 Å². The van der Waals surface area contributed by atoms with Crippen LogP contribution in [-0.2, 0) is 24.1 Å². The Hall–Kier alpha value is -1.20. The largest absolute Gasteiger partial charge is 0.383 e. The quantitative estimate of drug-likeness (QED) is 0.811. The van der Waals surface area contributed by atoms with Crippen molar-refractivity contribution in [3.63, 3.8) is 0 Å². The predicted molar refractivity (Wildman–Crippen MR) is 105 cm³/mol. The number of aromatic nitrogens is 2. The molecule has 0 N–H and O–H groups in total. The van der Waals surface area contributed by atoms with Gasteiger partial charge in [-0.15, -0.1) is 11.3 Å². The highest BCUT2D eigenvalue weighted by atomic mass is 32.1. The van der Waals surface area contributed by atoms with Crippen LogP contribution in [0, 0.1) is 11.3 Å². The number of methoxy groups -OCH3 is 1. The van der Waals surface area contributed by atoms with Crippen molar-refractivity contribution in [3.8, 4) is 0 Å². The fraction of sp³-hybridized carbons (Fsp3) is 0.700. The van der Waals surface area contributed by atoms with Crippen LogP contribution in [-0.4, -0.2) is 23.3 Å². The van der Waals surface area contributed by atoms with E-state index >= 15 is 0 Å². The third-order valence-electron chi connectivity index (χ3n) is 5.46. The summed E-state index contributed by atoms with van der Waals surface area (Å²) >= 11 is 1.74. The normalized spacial score (nSPS) is 18.1. The van der Waals surface area contributed by atoms with Gasteiger partial charge >= 0.3 is 0 Å². The van der Waals surface area contributed by atoms with Crippen LogP contribution in [0.2, 0.25) is 0 Å². The van der Waals surface area contributed by atoms with Gasteiger partial charge in [0.1, 0.15) is 10.7 Å². The molecule has 2 aromatic heterocycles. The van der Waals surface area contributed by atoms with Gasteiger partial charge in [-0.3, -0.25) is 9.36 Å².